The van der Waals surface area contributed by atoms with Gasteiger partial charge in [-0.3, -0.25) is 4.79 Å². The van der Waals surface area contributed by atoms with Crippen molar-refractivity contribution in [3.05, 3.63) is 0 Å². The molecular weight excluding hydrogens is 256 g/mol. The Bertz CT molecular complexity index is 316. The van der Waals surface area contributed by atoms with Crippen LogP contribution in [0.4, 0.5) is 0 Å². The fourth-order valence-electron chi connectivity index (χ4n) is 3.37. The van der Waals surface area contributed by atoms with Crippen LogP contribution in [0.2, 0.25) is 0 Å². The molecule has 0 radical (unpaired) electrons. The van der Waals surface area contributed by atoms with Crippen LogP contribution in [0.25, 0.3) is 0 Å². The molecule has 5 heteroatoms. The molecule has 1 saturated carbocycles. The highest BCUT2D eigenvalue weighted by atomic mass is 16.5. The maximum absolute atomic E-state index is 12.3. The van der Waals surface area contributed by atoms with E-state index in [9.17, 15) is 4.79 Å². The Kier molecular flexibility index (Phi) is 5.81. The minimum atomic E-state index is -0.218. The lowest BCUT2D eigenvalue weighted by Gasteiger charge is -2.33. The number of methoxy groups -OCH3 is 1. The van der Waals surface area contributed by atoms with Gasteiger partial charge in [-0.05, 0) is 31.6 Å². The number of hydrogen-bond donors (Lipinski definition) is 2. The summed E-state index contributed by atoms with van der Waals surface area (Å²) >= 11 is 0. The summed E-state index contributed by atoms with van der Waals surface area (Å²) in [6.45, 7) is 4.92. The lowest BCUT2D eigenvalue weighted by molar-refractivity contribution is -0.129. The molecule has 0 unspecified atom stereocenters. The average Bonchev–Trinajstić information content (AvgIpc) is 2.92. The molecule has 0 aromatic rings. The predicted octanol–water partition coefficient (Wildman–Crippen LogP) is 1.08. The first kappa shape index (κ1) is 15.7. The zero-order chi connectivity index (χ0) is 14.4. The van der Waals surface area contributed by atoms with E-state index < -0.39 is 0 Å². The molecule has 2 aliphatic rings. The molecule has 1 amide bonds. The SMILES string of the molecule is COCCC1(CNC(=O)[C@H]2NCCO[C@@H]2C)CCCC1. The smallest absolute Gasteiger partial charge is 0.239 e. The molecular formula is C15H28N2O3. The van der Waals surface area contributed by atoms with Gasteiger partial charge >= 0.3 is 0 Å². The van der Waals surface area contributed by atoms with Gasteiger partial charge < -0.3 is 20.1 Å². The second-order valence-corrected chi connectivity index (χ2v) is 6.18. The highest BCUT2D eigenvalue weighted by Crippen LogP contribution is 2.40. The Hall–Kier alpha value is -0.650. The molecule has 1 saturated heterocycles. The molecule has 1 aliphatic heterocycles. The third-order valence-electron chi connectivity index (χ3n) is 4.74. The maximum atomic E-state index is 12.3. The van der Waals surface area contributed by atoms with Gasteiger partial charge in [-0.2, -0.15) is 0 Å². The van der Waals surface area contributed by atoms with Crippen molar-refractivity contribution in [1.29, 1.82) is 0 Å². The zero-order valence-electron chi connectivity index (χ0n) is 12.7. The third kappa shape index (κ3) is 3.93. The summed E-state index contributed by atoms with van der Waals surface area (Å²) in [5, 5.41) is 6.38. The number of carbonyl (C=O) groups excluding carboxylic acids is 1. The van der Waals surface area contributed by atoms with E-state index in [-0.39, 0.29) is 23.5 Å². The van der Waals surface area contributed by atoms with Gasteiger partial charge in [0.2, 0.25) is 5.91 Å². The molecule has 5 nitrogen and oxygen atoms in total. The zero-order valence-corrected chi connectivity index (χ0v) is 12.7. The second-order valence-electron chi connectivity index (χ2n) is 6.18. The molecule has 1 heterocycles. The average molecular weight is 284 g/mol. The maximum Gasteiger partial charge on any atom is 0.239 e. The minimum Gasteiger partial charge on any atom is -0.385 e. The Labute approximate surface area is 121 Å². The largest absolute Gasteiger partial charge is 0.385 e. The van der Waals surface area contributed by atoms with Gasteiger partial charge in [-0.15, -0.1) is 0 Å². The summed E-state index contributed by atoms with van der Waals surface area (Å²) < 4.78 is 10.8. The van der Waals surface area contributed by atoms with Crippen molar-refractivity contribution in [2.75, 3.05) is 33.4 Å². The van der Waals surface area contributed by atoms with Gasteiger partial charge in [-0.25, -0.2) is 0 Å². The molecule has 0 spiro atoms. The molecule has 1 aliphatic carbocycles. The predicted molar refractivity (Wildman–Crippen MR) is 77.6 cm³/mol. The first-order chi connectivity index (χ1) is 9.67. The summed E-state index contributed by atoms with van der Waals surface area (Å²) in [7, 11) is 1.74. The Balaban J connectivity index is 1.83. The van der Waals surface area contributed by atoms with E-state index in [1.54, 1.807) is 7.11 Å². The van der Waals surface area contributed by atoms with Crippen LogP contribution < -0.4 is 10.6 Å². The molecule has 2 atom stereocenters. The Morgan fingerprint density at radius 2 is 2.20 bits per heavy atom. The number of rotatable bonds is 6. The normalized spacial score (nSPS) is 29.3. The van der Waals surface area contributed by atoms with Gasteiger partial charge in [0.25, 0.3) is 0 Å². The number of carbonyl (C=O) groups is 1. The summed E-state index contributed by atoms with van der Waals surface area (Å²) in [6.07, 6.45) is 5.90. The molecule has 2 rings (SSSR count). The Morgan fingerprint density at radius 1 is 1.45 bits per heavy atom. The summed E-state index contributed by atoms with van der Waals surface area (Å²) in [4.78, 5) is 12.3. The molecule has 20 heavy (non-hydrogen) atoms. The number of nitrogens with one attached hydrogen (secondary N) is 2. The molecule has 0 bridgehead atoms. The number of hydrogen-bond acceptors (Lipinski definition) is 4. The van der Waals surface area contributed by atoms with Gasteiger partial charge in [0, 0.05) is 26.8 Å². The van der Waals surface area contributed by atoms with Crippen LogP contribution in [-0.2, 0) is 14.3 Å². The van der Waals surface area contributed by atoms with Crippen molar-refractivity contribution in [3.8, 4) is 0 Å². The van der Waals surface area contributed by atoms with E-state index in [1.807, 2.05) is 6.92 Å². The molecule has 2 fully saturated rings. The third-order valence-corrected chi connectivity index (χ3v) is 4.74. The van der Waals surface area contributed by atoms with Gasteiger partial charge in [-0.1, -0.05) is 12.8 Å². The highest BCUT2D eigenvalue weighted by Gasteiger charge is 2.35. The van der Waals surface area contributed by atoms with Crippen molar-refractivity contribution in [3.63, 3.8) is 0 Å². The van der Waals surface area contributed by atoms with E-state index in [2.05, 4.69) is 10.6 Å². The monoisotopic (exact) mass is 284 g/mol. The van der Waals surface area contributed by atoms with Crippen molar-refractivity contribution >= 4 is 5.91 Å². The van der Waals surface area contributed by atoms with E-state index in [0.717, 1.165) is 26.1 Å². The van der Waals surface area contributed by atoms with Crippen molar-refractivity contribution in [2.45, 2.75) is 51.2 Å². The summed E-state index contributed by atoms with van der Waals surface area (Å²) in [5.41, 5.74) is 0.241. The minimum absolute atomic E-state index is 0.0535. The highest BCUT2D eigenvalue weighted by molar-refractivity contribution is 5.82. The Morgan fingerprint density at radius 3 is 2.85 bits per heavy atom. The van der Waals surface area contributed by atoms with Crippen molar-refractivity contribution in [2.24, 2.45) is 5.41 Å². The standard InChI is InChI=1S/C15H28N2O3/c1-12-13(16-8-10-20-12)14(18)17-11-15(7-9-19-2)5-3-4-6-15/h12-13,16H,3-11H2,1-2H3,(H,17,18)/t12-,13+/m1/s1. The topological polar surface area (TPSA) is 59.6 Å². The van der Waals surface area contributed by atoms with E-state index >= 15 is 0 Å². The van der Waals surface area contributed by atoms with Crippen LogP contribution in [0.1, 0.15) is 39.0 Å². The number of morpholine rings is 1. The van der Waals surface area contributed by atoms with Gasteiger partial charge in [0.05, 0.1) is 12.7 Å². The fraction of sp³-hybridized carbons (Fsp3) is 0.933. The fourth-order valence-corrected chi connectivity index (χ4v) is 3.37. The van der Waals surface area contributed by atoms with Crippen LogP contribution >= 0.6 is 0 Å². The lowest BCUT2D eigenvalue weighted by Crippen LogP contribution is -2.56. The molecule has 2 N–H and O–H groups in total. The van der Waals surface area contributed by atoms with E-state index in [1.165, 1.54) is 25.7 Å². The second kappa shape index (κ2) is 7.38. The van der Waals surface area contributed by atoms with Gasteiger partial charge in [0.15, 0.2) is 0 Å². The van der Waals surface area contributed by atoms with Gasteiger partial charge in [0.1, 0.15) is 6.04 Å². The van der Waals surface area contributed by atoms with Crippen LogP contribution in [0, 0.1) is 5.41 Å². The van der Waals surface area contributed by atoms with Crippen LogP contribution in [0.15, 0.2) is 0 Å². The quantitative estimate of drug-likeness (QED) is 0.766. The number of ether oxygens (including phenoxy) is 2. The first-order valence-corrected chi connectivity index (χ1v) is 7.78. The number of amides is 1. The first-order valence-electron chi connectivity index (χ1n) is 7.78. The lowest BCUT2D eigenvalue weighted by atomic mass is 9.83. The molecule has 116 valence electrons. The van der Waals surface area contributed by atoms with E-state index in [4.69, 9.17) is 9.47 Å². The van der Waals surface area contributed by atoms with Crippen LogP contribution in [-0.4, -0.2) is 51.5 Å². The van der Waals surface area contributed by atoms with E-state index in [0.29, 0.717) is 6.61 Å². The van der Waals surface area contributed by atoms with Crippen molar-refractivity contribution in [1.82, 2.24) is 10.6 Å². The van der Waals surface area contributed by atoms with Crippen LogP contribution in [0.3, 0.4) is 0 Å². The summed E-state index contributed by atoms with van der Waals surface area (Å²) in [6, 6.07) is -0.218. The van der Waals surface area contributed by atoms with Crippen LogP contribution in [0.5, 0.6) is 0 Å². The van der Waals surface area contributed by atoms with Crippen molar-refractivity contribution < 1.29 is 14.3 Å². The summed E-state index contributed by atoms with van der Waals surface area (Å²) in [5.74, 6) is 0.0703. The molecule has 0 aromatic carbocycles. The molecule has 0 aromatic heterocycles.